The van der Waals surface area contributed by atoms with Gasteiger partial charge in [0.15, 0.2) is 0 Å². The summed E-state index contributed by atoms with van der Waals surface area (Å²) >= 11 is 28.7. The van der Waals surface area contributed by atoms with Gasteiger partial charge in [0.1, 0.15) is 5.69 Å². The molecular formula is C8H9Cl5FN3. The number of hydrogen-bond acceptors (Lipinski definition) is 2. The lowest BCUT2D eigenvalue weighted by molar-refractivity contribution is 0.516. The zero-order chi connectivity index (χ0) is 13.3. The van der Waals surface area contributed by atoms with E-state index in [2.05, 4.69) is 10.3 Å². The summed E-state index contributed by atoms with van der Waals surface area (Å²) in [6, 6.07) is 0. The Morgan fingerprint density at radius 1 is 1.24 bits per heavy atom. The Kier molecular flexibility index (Phi) is 5.18. The Hall–Kier alpha value is 0.520. The van der Waals surface area contributed by atoms with Crippen molar-refractivity contribution in [2.45, 2.75) is 34.4 Å². The van der Waals surface area contributed by atoms with Crippen molar-refractivity contribution in [3.05, 3.63) is 11.6 Å². The van der Waals surface area contributed by atoms with Crippen molar-refractivity contribution in [3.8, 4) is 0 Å². The van der Waals surface area contributed by atoms with E-state index in [1.807, 2.05) is 6.92 Å². The lowest BCUT2D eigenvalue weighted by atomic mass is 10.3. The topological polar surface area (TPSA) is 30.7 Å². The second kappa shape index (κ2) is 5.66. The molecule has 17 heavy (non-hydrogen) atoms. The Bertz CT molecular complexity index is 387. The number of rotatable bonds is 4. The fraction of sp³-hybridized carbons (Fsp3) is 0.750. The number of halogens is 6. The van der Waals surface area contributed by atoms with Crippen LogP contribution in [0, 0.1) is 5.95 Å². The number of aromatic nitrogens is 3. The summed E-state index contributed by atoms with van der Waals surface area (Å²) in [5, 5.41) is 6.83. The highest BCUT2D eigenvalue weighted by Gasteiger charge is 2.51. The molecule has 9 heteroatoms. The van der Waals surface area contributed by atoms with Gasteiger partial charge in [0.2, 0.25) is 8.13 Å². The van der Waals surface area contributed by atoms with Gasteiger partial charge in [0, 0.05) is 6.54 Å². The highest BCUT2D eigenvalue weighted by molar-refractivity contribution is 6.75. The minimum Gasteiger partial charge on any atom is -0.243 e. The van der Waals surface area contributed by atoms with Crippen LogP contribution in [0.3, 0.4) is 0 Å². The van der Waals surface area contributed by atoms with Gasteiger partial charge in [-0.25, -0.2) is 4.68 Å². The SMILES string of the molecule is CCCCn1nnc(F)c1C(Cl)(Cl)C(Cl)(Cl)Cl. The smallest absolute Gasteiger partial charge is 0.243 e. The van der Waals surface area contributed by atoms with Crippen LogP contribution in [0.15, 0.2) is 0 Å². The minimum atomic E-state index is -2.09. The quantitative estimate of drug-likeness (QED) is 0.767. The second-order valence-electron chi connectivity index (χ2n) is 3.38. The monoisotopic (exact) mass is 341 g/mol. The molecule has 1 aromatic rings. The van der Waals surface area contributed by atoms with Crippen LogP contribution >= 0.6 is 58.0 Å². The van der Waals surface area contributed by atoms with Crippen molar-refractivity contribution in [1.29, 1.82) is 0 Å². The Labute approximate surface area is 123 Å². The molecule has 0 atom stereocenters. The standard InChI is InChI=1S/C8H9Cl5FN3/c1-2-3-4-17-5(6(14)15-16-17)7(9,10)8(11,12)13/h2-4H2,1H3. The van der Waals surface area contributed by atoms with Gasteiger partial charge < -0.3 is 0 Å². The molecule has 0 saturated heterocycles. The number of aryl methyl sites for hydroxylation is 1. The molecule has 1 heterocycles. The molecule has 1 rings (SSSR count). The maximum absolute atomic E-state index is 13.5. The second-order valence-corrected chi connectivity index (χ2v) is 6.99. The number of nitrogens with zero attached hydrogens (tertiary/aromatic N) is 3. The van der Waals surface area contributed by atoms with Crippen molar-refractivity contribution >= 4 is 58.0 Å². The first-order chi connectivity index (χ1) is 7.71. The van der Waals surface area contributed by atoms with Crippen LogP contribution in [0.5, 0.6) is 0 Å². The van der Waals surface area contributed by atoms with Gasteiger partial charge in [-0.2, -0.15) is 4.39 Å². The fourth-order valence-electron chi connectivity index (χ4n) is 1.18. The predicted molar refractivity (Wildman–Crippen MR) is 68.6 cm³/mol. The first-order valence-electron chi connectivity index (χ1n) is 4.75. The summed E-state index contributed by atoms with van der Waals surface area (Å²) in [4.78, 5) is 0. The predicted octanol–water partition coefficient (Wildman–Crippen LogP) is 4.22. The van der Waals surface area contributed by atoms with E-state index in [0.717, 1.165) is 12.8 Å². The Balaban J connectivity index is 3.16. The summed E-state index contributed by atoms with van der Waals surface area (Å²) in [6.45, 7) is 2.36. The van der Waals surface area contributed by atoms with Gasteiger partial charge in [-0.3, -0.25) is 0 Å². The maximum atomic E-state index is 13.5. The first kappa shape index (κ1) is 15.6. The van der Waals surface area contributed by atoms with Crippen LogP contribution in [0.1, 0.15) is 25.5 Å². The largest absolute Gasteiger partial charge is 0.259 e. The van der Waals surface area contributed by atoms with Crippen molar-refractivity contribution < 1.29 is 4.39 Å². The molecule has 0 spiro atoms. The Morgan fingerprint density at radius 2 is 1.82 bits per heavy atom. The fourth-order valence-corrected chi connectivity index (χ4v) is 1.80. The van der Waals surface area contributed by atoms with Crippen molar-refractivity contribution in [2.75, 3.05) is 0 Å². The Morgan fingerprint density at radius 3 is 2.29 bits per heavy atom. The molecule has 0 unspecified atom stereocenters. The van der Waals surface area contributed by atoms with Gasteiger partial charge >= 0.3 is 0 Å². The zero-order valence-electron chi connectivity index (χ0n) is 8.73. The van der Waals surface area contributed by atoms with E-state index < -0.39 is 14.1 Å². The molecule has 0 aliphatic carbocycles. The van der Waals surface area contributed by atoms with Crippen LogP contribution in [-0.4, -0.2) is 18.8 Å². The lowest BCUT2D eigenvalue weighted by Crippen LogP contribution is -2.32. The van der Waals surface area contributed by atoms with E-state index >= 15 is 0 Å². The van der Waals surface area contributed by atoms with Crippen LogP contribution < -0.4 is 0 Å². The normalized spacial score (nSPS) is 13.1. The minimum absolute atomic E-state index is 0.241. The molecule has 0 aliphatic rings. The summed E-state index contributed by atoms with van der Waals surface area (Å²) < 4.78 is 10.6. The van der Waals surface area contributed by atoms with Crippen LogP contribution in [0.4, 0.5) is 4.39 Å². The molecule has 0 radical (unpaired) electrons. The number of alkyl halides is 5. The molecule has 3 nitrogen and oxygen atoms in total. The maximum Gasteiger partial charge on any atom is 0.259 e. The van der Waals surface area contributed by atoms with E-state index in [4.69, 9.17) is 58.0 Å². The molecule has 0 amide bonds. The zero-order valence-corrected chi connectivity index (χ0v) is 12.5. The van der Waals surface area contributed by atoms with Crippen LogP contribution in [0.25, 0.3) is 0 Å². The van der Waals surface area contributed by atoms with Crippen LogP contribution in [0.2, 0.25) is 0 Å². The molecular weight excluding hydrogens is 334 g/mol. The van der Waals surface area contributed by atoms with Crippen molar-refractivity contribution in [2.24, 2.45) is 0 Å². The van der Waals surface area contributed by atoms with Gasteiger partial charge in [0.05, 0.1) is 0 Å². The van der Waals surface area contributed by atoms with E-state index in [-0.39, 0.29) is 5.69 Å². The summed E-state index contributed by atoms with van der Waals surface area (Å²) in [6.07, 6.45) is 1.63. The van der Waals surface area contributed by atoms with Gasteiger partial charge in [-0.05, 0) is 6.42 Å². The van der Waals surface area contributed by atoms with Gasteiger partial charge in [-0.1, -0.05) is 81.7 Å². The lowest BCUT2D eigenvalue weighted by Gasteiger charge is -2.27. The van der Waals surface area contributed by atoms with E-state index in [0.29, 0.717) is 6.54 Å². The van der Waals surface area contributed by atoms with Gasteiger partial charge in [0.25, 0.3) is 5.95 Å². The third-order valence-corrected chi connectivity index (χ3v) is 4.43. The molecule has 0 N–H and O–H groups in total. The molecule has 0 saturated carbocycles. The molecule has 98 valence electrons. The molecule has 0 bridgehead atoms. The summed E-state index contributed by atoms with van der Waals surface area (Å²) in [7, 11) is 0. The van der Waals surface area contributed by atoms with E-state index in [9.17, 15) is 4.39 Å². The highest BCUT2D eigenvalue weighted by Crippen LogP contribution is 2.53. The average molecular weight is 343 g/mol. The third-order valence-electron chi connectivity index (χ3n) is 2.07. The van der Waals surface area contributed by atoms with E-state index in [1.165, 1.54) is 4.68 Å². The molecule has 0 fully saturated rings. The van der Waals surface area contributed by atoms with Gasteiger partial charge in [-0.15, -0.1) is 0 Å². The molecule has 0 aliphatic heterocycles. The average Bonchev–Trinajstić information content (AvgIpc) is 2.55. The summed E-state index contributed by atoms with van der Waals surface area (Å²) in [5.41, 5.74) is -0.241. The highest BCUT2D eigenvalue weighted by atomic mass is 35.6. The first-order valence-corrected chi connectivity index (χ1v) is 6.64. The number of unbranched alkanes of at least 4 members (excludes halogenated alkanes) is 1. The van der Waals surface area contributed by atoms with Crippen molar-refractivity contribution in [1.82, 2.24) is 15.0 Å². The van der Waals surface area contributed by atoms with Crippen LogP contribution in [-0.2, 0) is 10.9 Å². The molecule has 1 aromatic heterocycles. The van der Waals surface area contributed by atoms with E-state index in [1.54, 1.807) is 0 Å². The van der Waals surface area contributed by atoms with Crippen molar-refractivity contribution in [3.63, 3.8) is 0 Å². The summed E-state index contributed by atoms with van der Waals surface area (Å²) in [5.74, 6) is -0.947. The third kappa shape index (κ3) is 3.29. The molecule has 0 aromatic carbocycles. The number of hydrogen-bond donors (Lipinski definition) is 0.